The number of allylic oxidation sites excluding steroid dienone is 1. The van der Waals surface area contributed by atoms with Gasteiger partial charge in [-0.15, -0.1) is 0 Å². The lowest BCUT2D eigenvalue weighted by Crippen LogP contribution is -2.53. The van der Waals surface area contributed by atoms with Gasteiger partial charge in [-0.05, 0) is 41.0 Å². The van der Waals surface area contributed by atoms with Crippen molar-refractivity contribution in [1.82, 2.24) is 10.6 Å². The highest BCUT2D eigenvalue weighted by Crippen LogP contribution is 2.44. The summed E-state index contributed by atoms with van der Waals surface area (Å²) in [6.45, 7) is 4.01. The minimum atomic E-state index is -0.871. The van der Waals surface area contributed by atoms with E-state index in [1.165, 1.54) is 0 Å². The molecule has 0 bridgehead atoms. The molecule has 184 valence electrons. The lowest BCUT2D eigenvalue weighted by atomic mass is 9.90. The highest BCUT2D eigenvalue weighted by Gasteiger charge is 2.32. The Bertz CT molecular complexity index is 1080. The van der Waals surface area contributed by atoms with Gasteiger partial charge in [0.25, 0.3) is 0 Å². The summed E-state index contributed by atoms with van der Waals surface area (Å²) in [5.41, 5.74) is 4.54. The molecule has 0 spiro atoms. The summed E-state index contributed by atoms with van der Waals surface area (Å²) in [4.78, 5) is 37.2. The number of amides is 2. The minimum absolute atomic E-state index is 0.0654. The molecule has 0 saturated carbocycles. The van der Waals surface area contributed by atoms with Gasteiger partial charge in [0.15, 0.2) is 0 Å². The number of fused-ring (bicyclic) bond motifs is 3. The van der Waals surface area contributed by atoms with Crippen LogP contribution in [0.2, 0.25) is 0 Å². The standard InChI is InChI=1S/C28H32N2O5/c1-3-17(2)25(26(31)29-19-10-8-9-18(15-19)27(32)33)30-28(34)35-16-24-22-13-6-4-11-20(22)21-12-5-7-14-23(21)24/h4-8,10-14,17-19,24-25H,3,9,15-16H2,1-2H3,(H,29,31)(H,30,34)(H,32,33)/t17-,18+,19+,25-/m0/s1. The zero-order valence-electron chi connectivity index (χ0n) is 20.1. The quantitative estimate of drug-likeness (QED) is 0.488. The number of nitrogens with one attached hydrogen (secondary N) is 2. The maximum absolute atomic E-state index is 13.0. The minimum Gasteiger partial charge on any atom is -0.481 e. The highest BCUT2D eigenvalue weighted by atomic mass is 16.5. The highest BCUT2D eigenvalue weighted by molar-refractivity contribution is 5.86. The molecule has 0 heterocycles. The van der Waals surface area contributed by atoms with Gasteiger partial charge in [-0.1, -0.05) is 81.0 Å². The smallest absolute Gasteiger partial charge is 0.407 e. The zero-order chi connectivity index (χ0) is 24.9. The van der Waals surface area contributed by atoms with Crippen LogP contribution >= 0.6 is 0 Å². The van der Waals surface area contributed by atoms with Crippen LogP contribution in [-0.2, 0) is 14.3 Å². The molecular formula is C28H32N2O5. The Balaban J connectivity index is 1.40. The Morgan fingerprint density at radius 2 is 1.69 bits per heavy atom. The summed E-state index contributed by atoms with van der Waals surface area (Å²) in [5.74, 6) is -1.93. The van der Waals surface area contributed by atoms with E-state index in [0.717, 1.165) is 22.3 Å². The maximum atomic E-state index is 13.0. The molecule has 4 rings (SSSR count). The van der Waals surface area contributed by atoms with Gasteiger partial charge in [0.2, 0.25) is 5.91 Å². The van der Waals surface area contributed by atoms with Crippen LogP contribution in [0.3, 0.4) is 0 Å². The summed E-state index contributed by atoms with van der Waals surface area (Å²) < 4.78 is 5.63. The lowest BCUT2D eigenvalue weighted by molar-refractivity contribution is -0.142. The van der Waals surface area contributed by atoms with Gasteiger partial charge in [-0.2, -0.15) is 0 Å². The van der Waals surface area contributed by atoms with Crippen molar-refractivity contribution in [2.45, 2.75) is 51.1 Å². The number of carbonyl (C=O) groups excluding carboxylic acids is 2. The molecular weight excluding hydrogens is 444 g/mol. The van der Waals surface area contributed by atoms with Gasteiger partial charge in [0, 0.05) is 12.0 Å². The van der Waals surface area contributed by atoms with Crippen molar-refractivity contribution in [3.63, 3.8) is 0 Å². The topological polar surface area (TPSA) is 105 Å². The van der Waals surface area contributed by atoms with Crippen LogP contribution in [0.15, 0.2) is 60.7 Å². The van der Waals surface area contributed by atoms with Crippen LogP contribution in [0.25, 0.3) is 11.1 Å². The number of carboxylic acid groups (broad SMARTS) is 1. The van der Waals surface area contributed by atoms with Crippen LogP contribution in [0.5, 0.6) is 0 Å². The first-order valence-electron chi connectivity index (χ1n) is 12.2. The molecule has 0 saturated heterocycles. The van der Waals surface area contributed by atoms with Crippen LogP contribution in [0.1, 0.15) is 50.2 Å². The van der Waals surface area contributed by atoms with Crippen LogP contribution < -0.4 is 10.6 Å². The molecule has 0 radical (unpaired) electrons. The number of hydrogen-bond acceptors (Lipinski definition) is 4. The molecule has 3 N–H and O–H groups in total. The summed E-state index contributed by atoms with van der Waals surface area (Å²) >= 11 is 0. The fraction of sp³-hybridized carbons (Fsp3) is 0.393. The number of carboxylic acids is 1. The van der Waals surface area contributed by atoms with E-state index >= 15 is 0 Å². The zero-order valence-corrected chi connectivity index (χ0v) is 20.1. The van der Waals surface area contributed by atoms with Gasteiger partial charge in [0.1, 0.15) is 12.6 Å². The van der Waals surface area contributed by atoms with E-state index in [0.29, 0.717) is 19.3 Å². The van der Waals surface area contributed by atoms with Crippen LogP contribution in [0, 0.1) is 11.8 Å². The molecule has 2 aliphatic rings. The second kappa shape index (κ2) is 10.8. The number of alkyl carbamates (subject to hydrolysis) is 1. The molecule has 0 unspecified atom stereocenters. The Kier molecular flexibility index (Phi) is 7.54. The Hall–Kier alpha value is -3.61. The van der Waals surface area contributed by atoms with Crippen molar-refractivity contribution in [2.24, 2.45) is 11.8 Å². The van der Waals surface area contributed by atoms with Crippen LogP contribution in [-0.4, -0.2) is 41.8 Å². The SMILES string of the molecule is CC[C@H](C)[C@H](NC(=O)OCC1c2ccccc2-c2ccccc21)C(=O)N[C@@H]1C=CC[C@@H](C(=O)O)C1. The second-order valence-corrected chi connectivity index (χ2v) is 9.38. The van der Waals surface area contributed by atoms with Gasteiger partial charge in [-0.25, -0.2) is 4.79 Å². The first-order chi connectivity index (χ1) is 16.9. The molecule has 2 aromatic rings. The Labute approximate surface area is 205 Å². The number of carbonyl (C=O) groups is 3. The summed E-state index contributed by atoms with van der Waals surface area (Å²) in [7, 11) is 0. The molecule has 2 aromatic carbocycles. The molecule has 7 nitrogen and oxygen atoms in total. The van der Waals surface area contributed by atoms with E-state index in [1.54, 1.807) is 6.08 Å². The van der Waals surface area contributed by atoms with E-state index in [9.17, 15) is 19.5 Å². The molecule has 4 atom stereocenters. The van der Waals surface area contributed by atoms with Gasteiger partial charge >= 0.3 is 12.1 Å². The molecule has 0 aromatic heterocycles. The molecule has 35 heavy (non-hydrogen) atoms. The van der Waals surface area contributed by atoms with Crippen molar-refractivity contribution >= 4 is 18.0 Å². The predicted molar refractivity (Wildman–Crippen MR) is 133 cm³/mol. The van der Waals surface area contributed by atoms with Crippen LogP contribution in [0.4, 0.5) is 4.79 Å². The normalized spacial score (nSPS) is 20.3. The van der Waals surface area contributed by atoms with Crippen molar-refractivity contribution in [1.29, 1.82) is 0 Å². The number of rotatable bonds is 8. The third-order valence-corrected chi connectivity index (χ3v) is 7.12. The van der Waals surface area contributed by atoms with Gasteiger partial charge in [-0.3, -0.25) is 9.59 Å². The van der Waals surface area contributed by atoms with Crippen molar-refractivity contribution in [2.75, 3.05) is 6.61 Å². The van der Waals surface area contributed by atoms with Gasteiger partial charge in [0.05, 0.1) is 5.92 Å². The molecule has 0 aliphatic heterocycles. The van der Waals surface area contributed by atoms with E-state index in [-0.39, 0.29) is 30.4 Å². The first kappa shape index (κ1) is 24.5. The molecule has 2 aliphatic carbocycles. The second-order valence-electron chi connectivity index (χ2n) is 9.38. The lowest BCUT2D eigenvalue weighted by Gasteiger charge is -2.28. The Morgan fingerprint density at radius 1 is 1.06 bits per heavy atom. The fourth-order valence-electron chi connectivity index (χ4n) is 4.94. The van der Waals surface area contributed by atoms with Crippen molar-refractivity contribution < 1.29 is 24.2 Å². The first-order valence-corrected chi connectivity index (χ1v) is 12.2. The number of ether oxygens (including phenoxy) is 1. The maximum Gasteiger partial charge on any atom is 0.407 e. The molecule has 7 heteroatoms. The monoisotopic (exact) mass is 476 g/mol. The third-order valence-electron chi connectivity index (χ3n) is 7.12. The average molecular weight is 477 g/mol. The predicted octanol–water partition coefficient (Wildman–Crippen LogP) is 4.48. The number of aliphatic carboxylic acids is 1. The van der Waals surface area contributed by atoms with Crippen molar-refractivity contribution in [3.05, 3.63) is 71.8 Å². The third kappa shape index (κ3) is 5.39. The summed E-state index contributed by atoms with van der Waals surface area (Å²) in [5, 5.41) is 14.9. The largest absolute Gasteiger partial charge is 0.481 e. The summed E-state index contributed by atoms with van der Waals surface area (Å²) in [6.07, 6.45) is 4.42. The van der Waals surface area contributed by atoms with Crippen molar-refractivity contribution in [3.8, 4) is 11.1 Å². The van der Waals surface area contributed by atoms with E-state index in [4.69, 9.17) is 4.74 Å². The number of benzene rings is 2. The number of hydrogen-bond donors (Lipinski definition) is 3. The average Bonchev–Trinajstić information content (AvgIpc) is 3.19. The van der Waals surface area contributed by atoms with E-state index < -0.39 is 24.0 Å². The van der Waals surface area contributed by atoms with E-state index in [2.05, 4.69) is 34.9 Å². The summed E-state index contributed by atoms with van der Waals surface area (Å²) in [6, 6.07) is 15.1. The molecule has 0 fully saturated rings. The fourth-order valence-corrected chi connectivity index (χ4v) is 4.94. The van der Waals surface area contributed by atoms with Gasteiger partial charge < -0.3 is 20.5 Å². The molecule has 2 amide bonds. The Morgan fingerprint density at radius 3 is 2.29 bits per heavy atom. The van der Waals surface area contributed by atoms with E-state index in [1.807, 2.05) is 44.2 Å².